The van der Waals surface area contributed by atoms with Crippen LogP contribution in [0.1, 0.15) is 37.7 Å². The molecule has 1 aromatic heterocycles. The molecule has 0 atom stereocenters. The Kier molecular flexibility index (Phi) is 5.11. The summed E-state index contributed by atoms with van der Waals surface area (Å²) in [5.41, 5.74) is 0.704. The van der Waals surface area contributed by atoms with Crippen molar-refractivity contribution in [1.82, 2.24) is 9.97 Å². The molecule has 106 valence electrons. The fourth-order valence-corrected chi connectivity index (χ4v) is 2.98. The maximum Gasteiger partial charge on any atom is 0.144 e. The number of hydrogen-bond donors (Lipinski definition) is 1. The largest absolute Gasteiger partial charge is 0.381 e. The number of ether oxygens (including phenoxy) is 2. The van der Waals surface area contributed by atoms with E-state index in [9.17, 15) is 0 Å². The molecule has 1 aliphatic heterocycles. The smallest absolute Gasteiger partial charge is 0.144 e. The first-order valence-corrected chi connectivity index (χ1v) is 7.75. The van der Waals surface area contributed by atoms with E-state index in [1.165, 1.54) is 0 Å². The third-order valence-electron chi connectivity index (χ3n) is 3.56. The lowest BCUT2D eigenvalue weighted by Crippen LogP contribution is -2.37. The number of methoxy groups -OCH3 is 1. The van der Waals surface area contributed by atoms with Gasteiger partial charge in [0.05, 0.1) is 4.47 Å². The van der Waals surface area contributed by atoms with Gasteiger partial charge in [0.15, 0.2) is 0 Å². The minimum atomic E-state index is -0.394. The molecule has 0 aliphatic carbocycles. The second kappa shape index (κ2) is 6.43. The zero-order valence-electron chi connectivity index (χ0n) is 11.3. The maximum absolute atomic E-state index is 5.76. The van der Waals surface area contributed by atoms with Gasteiger partial charge in [-0.15, -0.1) is 0 Å². The fourth-order valence-electron chi connectivity index (χ4n) is 2.38. The molecule has 6 heteroatoms. The molecule has 0 spiro atoms. The molecule has 1 saturated heterocycles. The highest BCUT2D eigenvalue weighted by Crippen LogP contribution is 2.34. The molecule has 1 N–H and O–H groups in total. The van der Waals surface area contributed by atoms with Gasteiger partial charge in [-0.25, -0.2) is 4.98 Å². The molecule has 1 aliphatic rings. The van der Waals surface area contributed by atoms with Crippen LogP contribution in [0.4, 0.5) is 0 Å². The Labute approximate surface area is 127 Å². The Morgan fingerprint density at radius 1 is 1.47 bits per heavy atom. The van der Waals surface area contributed by atoms with Crippen LogP contribution in [0.25, 0.3) is 0 Å². The average Bonchev–Trinajstić information content (AvgIpc) is 2.44. The molecule has 2 heterocycles. The van der Waals surface area contributed by atoms with Crippen LogP contribution in [0.3, 0.4) is 0 Å². The molecule has 0 amide bonds. The SMILES string of the molecule is CCCc1[nH]c(C2(OC)CCOCC2)nc(=S)c1Br. The molecule has 0 aromatic carbocycles. The van der Waals surface area contributed by atoms with E-state index in [0.29, 0.717) is 17.9 Å². The summed E-state index contributed by atoms with van der Waals surface area (Å²) in [6.45, 7) is 3.52. The summed E-state index contributed by atoms with van der Waals surface area (Å²) < 4.78 is 12.7. The zero-order valence-corrected chi connectivity index (χ0v) is 13.7. The minimum absolute atomic E-state index is 0.394. The minimum Gasteiger partial charge on any atom is -0.381 e. The van der Waals surface area contributed by atoms with Gasteiger partial charge in [0.25, 0.3) is 0 Å². The van der Waals surface area contributed by atoms with Gasteiger partial charge >= 0.3 is 0 Å². The monoisotopic (exact) mass is 346 g/mol. The lowest BCUT2D eigenvalue weighted by molar-refractivity contribution is -0.100. The predicted molar refractivity (Wildman–Crippen MR) is 79.9 cm³/mol. The average molecular weight is 347 g/mol. The number of halogens is 1. The lowest BCUT2D eigenvalue weighted by atomic mass is 9.93. The Morgan fingerprint density at radius 2 is 2.16 bits per heavy atom. The van der Waals surface area contributed by atoms with Crippen molar-refractivity contribution >= 4 is 28.1 Å². The summed E-state index contributed by atoms with van der Waals surface area (Å²) in [4.78, 5) is 7.92. The number of hydrogen-bond acceptors (Lipinski definition) is 4. The molecule has 0 radical (unpaired) electrons. The summed E-state index contributed by atoms with van der Waals surface area (Å²) in [5, 5.41) is 0. The maximum atomic E-state index is 5.76. The van der Waals surface area contributed by atoms with Crippen molar-refractivity contribution in [2.24, 2.45) is 0 Å². The lowest BCUT2D eigenvalue weighted by Gasteiger charge is -2.35. The van der Waals surface area contributed by atoms with E-state index in [2.05, 4.69) is 32.8 Å². The molecule has 1 aromatic rings. The molecule has 0 bridgehead atoms. The molecule has 0 saturated carbocycles. The highest BCUT2D eigenvalue weighted by molar-refractivity contribution is 9.10. The van der Waals surface area contributed by atoms with E-state index in [-0.39, 0.29) is 0 Å². The fraction of sp³-hybridized carbons (Fsp3) is 0.692. The predicted octanol–water partition coefficient (Wildman–Crippen LogP) is 3.51. The molecule has 2 rings (SSSR count). The van der Waals surface area contributed by atoms with Gasteiger partial charge in [-0.05, 0) is 22.4 Å². The van der Waals surface area contributed by atoms with Gasteiger partial charge in [-0.1, -0.05) is 25.6 Å². The third-order valence-corrected chi connectivity index (χ3v) is 4.97. The van der Waals surface area contributed by atoms with Gasteiger partial charge in [0.1, 0.15) is 16.1 Å². The van der Waals surface area contributed by atoms with Crippen LogP contribution in [0.15, 0.2) is 4.47 Å². The van der Waals surface area contributed by atoms with Crippen LogP contribution in [0, 0.1) is 4.64 Å². The van der Waals surface area contributed by atoms with Crippen molar-refractivity contribution in [2.45, 2.75) is 38.2 Å². The van der Waals surface area contributed by atoms with Crippen LogP contribution in [0.5, 0.6) is 0 Å². The first kappa shape index (κ1) is 15.1. The first-order chi connectivity index (χ1) is 9.13. The van der Waals surface area contributed by atoms with Crippen molar-refractivity contribution < 1.29 is 9.47 Å². The van der Waals surface area contributed by atoms with Crippen LogP contribution < -0.4 is 0 Å². The van der Waals surface area contributed by atoms with E-state index in [0.717, 1.165) is 41.7 Å². The first-order valence-electron chi connectivity index (χ1n) is 6.55. The zero-order chi connectivity index (χ0) is 13.9. The molecule has 19 heavy (non-hydrogen) atoms. The van der Waals surface area contributed by atoms with Crippen molar-refractivity contribution in [3.8, 4) is 0 Å². The van der Waals surface area contributed by atoms with Crippen molar-refractivity contribution in [1.29, 1.82) is 0 Å². The third kappa shape index (κ3) is 3.07. The summed E-state index contributed by atoms with van der Waals surface area (Å²) in [5.74, 6) is 0.829. The Hall–Kier alpha value is -0.300. The number of nitrogens with one attached hydrogen (secondary N) is 1. The summed E-state index contributed by atoms with van der Waals surface area (Å²) in [6, 6.07) is 0. The summed E-state index contributed by atoms with van der Waals surface area (Å²) in [7, 11) is 1.73. The van der Waals surface area contributed by atoms with Gasteiger partial charge in [-0.3, -0.25) is 0 Å². The van der Waals surface area contributed by atoms with E-state index in [4.69, 9.17) is 21.7 Å². The van der Waals surface area contributed by atoms with E-state index < -0.39 is 5.60 Å². The standard InChI is InChI=1S/C13H19BrN2O2S/c1-3-4-9-10(14)11(19)16-12(15-9)13(17-2)5-7-18-8-6-13/h3-8H2,1-2H3,(H,15,16,19). The summed E-state index contributed by atoms with van der Waals surface area (Å²) >= 11 is 8.86. The Bertz CT molecular complexity index is 498. The van der Waals surface area contributed by atoms with Crippen molar-refractivity contribution in [3.63, 3.8) is 0 Å². The second-order valence-corrected chi connectivity index (χ2v) is 5.92. The Morgan fingerprint density at radius 3 is 2.74 bits per heavy atom. The van der Waals surface area contributed by atoms with Crippen LogP contribution >= 0.6 is 28.1 Å². The van der Waals surface area contributed by atoms with Gasteiger partial charge in [0.2, 0.25) is 0 Å². The van der Waals surface area contributed by atoms with E-state index in [1.54, 1.807) is 7.11 Å². The van der Waals surface area contributed by atoms with Gasteiger partial charge in [0, 0.05) is 38.9 Å². The normalized spacial score (nSPS) is 18.5. The van der Waals surface area contributed by atoms with Crippen LogP contribution in [0.2, 0.25) is 0 Å². The quantitative estimate of drug-likeness (QED) is 0.847. The number of aromatic amines is 1. The highest BCUT2D eigenvalue weighted by Gasteiger charge is 2.37. The molecular formula is C13H19BrN2O2S. The molecule has 1 fully saturated rings. The van der Waals surface area contributed by atoms with Gasteiger partial charge in [-0.2, -0.15) is 0 Å². The number of rotatable bonds is 4. The van der Waals surface area contributed by atoms with Crippen molar-refractivity contribution in [2.75, 3.05) is 20.3 Å². The molecule has 4 nitrogen and oxygen atoms in total. The Balaban J connectivity index is 2.45. The van der Waals surface area contributed by atoms with E-state index in [1.807, 2.05) is 0 Å². The summed E-state index contributed by atoms with van der Waals surface area (Å²) in [6.07, 6.45) is 3.59. The number of H-pyrrole nitrogens is 1. The van der Waals surface area contributed by atoms with Gasteiger partial charge < -0.3 is 14.5 Å². The topological polar surface area (TPSA) is 47.1 Å². The molecule has 0 unspecified atom stereocenters. The highest BCUT2D eigenvalue weighted by atomic mass is 79.9. The van der Waals surface area contributed by atoms with Crippen LogP contribution in [-0.4, -0.2) is 30.3 Å². The number of aryl methyl sites for hydroxylation is 1. The number of aromatic nitrogens is 2. The molecular weight excluding hydrogens is 328 g/mol. The number of nitrogens with zero attached hydrogens (tertiary/aromatic N) is 1. The van der Waals surface area contributed by atoms with Crippen molar-refractivity contribution in [3.05, 3.63) is 20.6 Å². The second-order valence-electron chi connectivity index (χ2n) is 4.74. The van der Waals surface area contributed by atoms with Crippen LogP contribution in [-0.2, 0) is 21.5 Å². The van der Waals surface area contributed by atoms with E-state index >= 15 is 0 Å².